The summed E-state index contributed by atoms with van der Waals surface area (Å²) in [4.78, 5) is 0. The minimum Gasteiger partial charge on any atom is -0.999 e. The Hall–Kier alpha value is -0.581. The third kappa shape index (κ3) is 37.6. The molecule has 92 valence electrons. The second kappa shape index (κ2) is 29.3. The van der Waals surface area contributed by atoms with E-state index in [2.05, 4.69) is 42.3 Å². The molecular formula is C9H6FeO5S-6. The molecule has 0 bridgehead atoms. The van der Waals surface area contributed by atoms with Crippen molar-refractivity contribution in [2.75, 3.05) is 13.0 Å². The fraction of sp³-hybridized carbons (Fsp3) is 0.222. The van der Waals surface area contributed by atoms with Gasteiger partial charge < -0.3 is 39.6 Å². The van der Waals surface area contributed by atoms with Gasteiger partial charge in [0, 0.05) is 24.2 Å². The summed E-state index contributed by atoms with van der Waals surface area (Å²) in [7, 11) is 1.33. The largest absolute Gasteiger partial charge is 0.999 e. The Morgan fingerprint density at radius 3 is 1.75 bits per heavy atom. The van der Waals surface area contributed by atoms with E-state index in [0.717, 1.165) is 0 Å². The van der Waals surface area contributed by atoms with Gasteiger partial charge in [-0.3, -0.25) is 4.21 Å². The SMILES string of the molecule is COCS(=O)[O-].[C-]#[O+].[C-]#[O+].[Fe].[c-]1[c-][c-][cH-][c-]1. The molecule has 0 saturated carbocycles. The molecule has 0 aliphatic rings. The van der Waals surface area contributed by atoms with Crippen LogP contribution in [0.25, 0.3) is 0 Å². The maximum Gasteiger partial charge on any atom is 0 e. The molecule has 16 heavy (non-hydrogen) atoms. The molecule has 0 aliphatic carbocycles. The third-order valence-electron chi connectivity index (χ3n) is 0.565. The van der Waals surface area contributed by atoms with Crippen molar-refractivity contribution < 1.29 is 39.9 Å². The monoisotopic (exact) mass is 282 g/mol. The molecule has 0 spiro atoms. The standard InChI is InChI=1S/C5H.C2H6O3S.2CO.Fe/c1-2-4-5-3-1;1-5-2-6(3)4;2*1-2;/h1H;2H2,1H3,(H,3,4);;;/q-5;;;;/p-1. The van der Waals surface area contributed by atoms with Gasteiger partial charge in [-0.2, -0.15) is 0 Å². The van der Waals surface area contributed by atoms with Gasteiger partial charge in [-0.1, -0.05) is 0 Å². The summed E-state index contributed by atoms with van der Waals surface area (Å²) in [6, 6.07) is 12.0. The van der Waals surface area contributed by atoms with Crippen LogP contribution in [-0.4, -0.2) is 21.8 Å². The summed E-state index contributed by atoms with van der Waals surface area (Å²) in [6.45, 7) is 9.00. The van der Waals surface area contributed by atoms with Crippen LogP contribution in [-0.2, 0) is 42.2 Å². The van der Waals surface area contributed by atoms with E-state index in [1.807, 2.05) is 0 Å². The van der Waals surface area contributed by atoms with E-state index in [1.165, 1.54) is 7.11 Å². The minimum absolute atomic E-state index is 0. The van der Waals surface area contributed by atoms with Crippen LogP contribution in [0.3, 0.4) is 0 Å². The summed E-state index contributed by atoms with van der Waals surface area (Å²) < 4.78 is 38.1. The van der Waals surface area contributed by atoms with Gasteiger partial charge in [-0.25, -0.2) is 0 Å². The van der Waals surface area contributed by atoms with E-state index in [4.69, 9.17) is 9.30 Å². The Morgan fingerprint density at radius 2 is 1.69 bits per heavy atom. The molecule has 0 heterocycles. The Bertz CT molecular complexity index is 222. The second-order valence-electron chi connectivity index (χ2n) is 1.39. The van der Waals surface area contributed by atoms with Gasteiger partial charge in [0.1, 0.15) is 5.94 Å². The van der Waals surface area contributed by atoms with Crippen molar-refractivity contribution >= 4 is 11.1 Å². The van der Waals surface area contributed by atoms with Crippen molar-refractivity contribution in [2.24, 2.45) is 0 Å². The summed E-state index contributed by atoms with van der Waals surface area (Å²) >= 11 is -2.04. The molecule has 1 atom stereocenters. The van der Waals surface area contributed by atoms with Crippen LogP contribution in [0, 0.1) is 37.6 Å². The quantitative estimate of drug-likeness (QED) is 0.331. The van der Waals surface area contributed by atoms with Gasteiger partial charge in [-0.15, -0.1) is 0 Å². The minimum atomic E-state index is -2.04. The van der Waals surface area contributed by atoms with Gasteiger partial charge in [-0.05, 0) is 11.1 Å². The van der Waals surface area contributed by atoms with E-state index < -0.39 is 11.1 Å². The summed E-state index contributed by atoms with van der Waals surface area (Å²) in [5.74, 6) is -0.208. The van der Waals surface area contributed by atoms with E-state index in [0.29, 0.717) is 0 Å². The van der Waals surface area contributed by atoms with E-state index in [-0.39, 0.29) is 23.0 Å². The van der Waals surface area contributed by atoms with Gasteiger partial charge in [0.25, 0.3) is 0 Å². The zero-order valence-corrected chi connectivity index (χ0v) is 10.0. The van der Waals surface area contributed by atoms with E-state index in [1.54, 1.807) is 6.07 Å². The average molecular weight is 282 g/mol. The van der Waals surface area contributed by atoms with Crippen LogP contribution in [0.5, 0.6) is 0 Å². The first-order valence-electron chi connectivity index (χ1n) is 3.05. The van der Waals surface area contributed by atoms with Gasteiger partial charge in [0.15, 0.2) is 0 Å². The van der Waals surface area contributed by atoms with Crippen molar-refractivity contribution in [3.05, 3.63) is 43.6 Å². The molecule has 0 saturated heterocycles. The number of rotatable bonds is 2. The van der Waals surface area contributed by atoms with Crippen LogP contribution < -0.4 is 0 Å². The normalized spacial score (nSPS) is 8.12. The first-order chi connectivity index (χ1) is 7.27. The van der Waals surface area contributed by atoms with Crippen molar-refractivity contribution in [3.8, 4) is 0 Å². The van der Waals surface area contributed by atoms with Crippen molar-refractivity contribution in [2.45, 2.75) is 0 Å². The molecule has 1 aromatic rings. The molecule has 0 aliphatic heterocycles. The first kappa shape index (κ1) is 24.6. The van der Waals surface area contributed by atoms with Crippen LogP contribution >= 0.6 is 0 Å². The molecule has 0 aromatic heterocycles. The van der Waals surface area contributed by atoms with Crippen molar-refractivity contribution in [1.82, 2.24) is 0 Å². The van der Waals surface area contributed by atoms with Gasteiger partial charge >= 0.3 is 22.6 Å². The van der Waals surface area contributed by atoms with E-state index in [9.17, 15) is 8.76 Å². The summed E-state index contributed by atoms with van der Waals surface area (Å²) in [5, 5.41) is 0. The molecule has 1 aromatic carbocycles. The van der Waals surface area contributed by atoms with Crippen LogP contribution in [0.2, 0.25) is 0 Å². The molecule has 0 amide bonds. The summed E-state index contributed by atoms with van der Waals surface area (Å²) in [5.41, 5.74) is 0. The maximum absolute atomic E-state index is 9.47. The number of hydrogen-bond acceptors (Lipinski definition) is 3. The fourth-order valence-electron chi connectivity index (χ4n) is 0.277. The molecular weight excluding hydrogens is 276 g/mol. The number of methoxy groups -OCH3 is 1. The topological polar surface area (TPSA) is 89.2 Å². The smallest absolute Gasteiger partial charge is 0 e. The van der Waals surface area contributed by atoms with Gasteiger partial charge in [0.2, 0.25) is 0 Å². The molecule has 5 nitrogen and oxygen atoms in total. The van der Waals surface area contributed by atoms with Crippen LogP contribution in [0.15, 0.2) is 6.07 Å². The molecule has 0 N–H and O–H groups in total. The molecule has 1 rings (SSSR count). The second-order valence-corrected chi connectivity index (χ2v) is 2.24. The molecule has 7 heteroatoms. The molecule has 0 fully saturated rings. The fourth-order valence-corrected chi connectivity index (χ4v) is 0.469. The molecule has 1 unspecified atom stereocenters. The average Bonchev–Trinajstić information content (AvgIpc) is 2.82. The predicted octanol–water partition coefficient (Wildman–Crippen LogP) is -0.00186. The maximum atomic E-state index is 9.47. The summed E-state index contributed by atoms with van der Waals surface area (Å²) in [6.07, 6.45) is 0. The van der Waals surface area contributed by atoms with Gasteiger partial charge in [0.05, 0.1) is 0 Å². The number of hydrogen-bond donors (Lipinski definition) is 0. The van der Waals surface area contributed by atoms with Crippen molar-refractivity contribution in [3.63, 3.8) is 0 Å². The Labute approximate surface area is 108 Å². The Balaban J connectivity index is -0.0000000658. The Kier molecular flexibility index (Phi) is 45.0. The third-order valence-corrected chi connectivity index (χ3v) is 0.993. The van der Waals surface area contributed by atoms with Crippen LogP contribution in [0.1, 0.15) is 0 Å². The zero-order chi connectivity index (χ0) is 12.5. The number of ether oxygens (including phenoxy) is 1. The predicted molar refractivity (Wildman–Crippen MR) is 46.0 cm³/mol. The Morgan fingerprint density at radius 1 is 1.31 bits per heavy atom. The zero-order valence-electron chi connectivity index (χ0n) is 8.09. The van der Waals surface area contributed by atoms with Crippen LogP contribution in [0.4, 0.5) is 0 Å². The first-order valence-corrected chi connectivity index (χ1v) is 4.30. The molecule has 0 radical (unpaired) electrons. The van der Waals surface area contributed by atoms with Crippen molar-refractivity contribution in [1.29, 1.82) is 0 Å². The van der Waals surface area contributed by atoms with E-state index >= 15 is 0 Å².